The van der Waals surface area contributed by atoms with Crippen LogP contribution in [-0.4, -0.2) is 40.8 Å². The molecule has 3 aromatic rings. The van der Waals surface area contributed by atoms with Crippen molar-refractivity contribution in [3.8, 4) is 16.9 Å². The van der Waals surface area contributed by atoms with Crippen molar-refractivity contribution >= 4 is 17.9 Å². The predicted molar refractivity (Wildman–Crippen MR) is 111 cm³/mol. The summed E-state index contributed by atoms with van der Waals surface area (Å²) in [5.41, 5.74) is 2.13. The molecule has 0 saturated carbocycles. The Morgan fingerprint density at radius 2 is 1.70 bits per heavy atom. The standard InChI is InChI=1S/C22H20N4O4/c1-2-13-23-22(29)24-19(27)15-30-21(28)18-14-26(17-11-7-4-8-12-17)25-20(18)16-9-5-3-6-10-16/h2-12,14H,1,13,15H2,(H2,23,24,27,29). The molecular weight excluding hydrogens is 384 g/mol. The second-order valence-electron chi connectivity index (χ2n) is 6.16. The van der Waals surface area contributed by atoms with E-state index < -0.39 is 24.5 Å². The number of hydrogen-bond acceptors (Lipinski definition) is 5. The summed E-state index contributed by atoms with van der Waals surface area (Å²) in [6, 6.07) is 17.8. The molecule has 2 N–H and O–H groups in total. The monoisotopic (exact) mass is 404 g/mol. The van der Waals surface area contributed by atoms with Gasteiger partial charge in [-0.05, 0) is 12.1 Å². The Kier molecular flexibility index (Phi) is 6.73. The first-order valence-corrected chi connectivity index (χ1v) is 9.14. The average Bonchev–Trinajstić information content (AvgIpc) is 3.23. The summed E-state index contributed by atoms with van der Waals surface area (Å²) in [5, 5.41) is 8.98. The summed E-state index contributed by atoms with van der Waals surface area (Å²) in [7, 11) is 0. The molecule has 0 aliphatic rings. The van der Waals surface area contributed by atoms with Crippen molar-refractivity contribution in [2.75, 3.05) is 13.2 Å². The van der Waals surface area contributed by atoms with Crippen LogP contribution in [0.2, 0.25) is 0 Å². The van der Waals surface area contributed by atoms with Gasteiger partial charge in [0.05, 0.1) is 5.69 Å². The van der Waals surface area contributed by atoms with Gasteiger partial charge in [0.2, 0.25) is 0 Å². The molecule has 0 unspecified atom stereocenters. The van der Waals surface area contributed by atoms with E-state index in [1.807, 2.05) is 60.7 Å². The summed E-state index contributed by atoms with van der Waals surface area (Å²) in [6.07, 6.45) is 3.02. The van der Waals surface area contributed by atoms with Crippen LogP contribution in [0.1, 0.15) is 10.4 Å². The number of aromatic nitrogens is 2. The molecule has 30 heavy (non-hydrogen) atoms. The van der Waals surface area contributed by atoms with Gasteiger partial charge >= 0.3 is 12.0 Å². The zero-order valence-electron chi connectivity index (χ0n) is 16.1. The maximum Gasteiger partial charge on any atom is 0.342 e. The number of carbonyl (C=O) groups is 3. The Hall–Kier alpha value is -4.20. The number of amides is 3. The third kappa shape index (κ3) is 5.20. The number of rotatable bonds is 7. The van der Waals surface area contributed by atoms with E-state index in [0.717, 1.165) is 11.3 Å². The Bertz CT molecular complexity index is 1050. The normalized spacial score (nSPS) is 10.1. The van der Waals surface area contributed by atoms with Gasteiger partial charge < -0.3 is 10.1 Å². The highest BCUT2D eigenvalue weighted by Crippen LogP contribution is 2.24. The number of nitrogens with zero attached hydrogens (tertiary/aromatic N) is 2. The highest BCUT2D eigenvalue weighted by Gasteiger charge is 2.21. The zero-order chi connectivity index (χ0) is 21.3. The van der Waals surface area contributed by atoms with E-state index in [0.29, 0.717) is 5.69 Å². The minimum Gasteiger partial charge on any atom is -0.452 e. The summed E-state index contributed by atoms with van der Waals surface area (Å²) < 4.78 is 6.67. The Balaban J connectivity index is 1.77. The lowest BCUT2D eigenvalue weighted by molar-refractivity contribution is -0.123. The minimum absolute atomic E-state index is 0.203. The van der Waals surface area contributed by atoms with Gasteiger partial charge in [-0.1, -0.05) is 54.6 Å². The van der Waals surface area contributed by atoms with Gasteiger partial charge in [0.1, 0.15) is 11.3 Å². The van der Waals surface area contributed by atoms with Crippen LogP contribution in [-0.2, 0) is 9.53 Å². The first-order chi connectivity index (χ1) is 14.6. The lowest BCUT2D eigenvalue weighted by Gasteiger charge is -2.06. The third-order valence-electron chi connectivity index (χ3n) is 4.00. The quantitative estimate of drug-likeness (QED) is 0.466. The molecule has 0 atom stereocenters. The van der Waals surface area contributed by atoms with Gasteiger partial charge in [0.15, 0.2) is 6.61 Å². The second kappa shape index (κ2) is 9.83. The van der Waals surface area contributed by atoms with Crippen molar-refractivity contribution in [3.05, 3.63) is 85.1 Å². The molecule has 8 heteroatoms. The van der Waals surface area contributed by atoms with Crippen LogP contribution in [0.3, 0.4) is 0 Å². The summed E-state index contributed by atoms with van der Waals surface area (Å²) >= 11 is 0. The fourth-order valence-corrected chi connectivity index (χ4v) is 2.63. The number of nitrogens with one attached hydrogen (secondary N) is 2. The molecule has 1 heterocycles. The summed E-state index contributed by atoms with van der Waals surface area (Å²) in [4.78, 5) is 36.0. The van der Waals surface area contributed by atoms with Crippen molar-refractivity contribution in [1.82, 2.24) is 20.4 Å². The third-order valence-corrected chi connectivity index (χ3v) is 4.00. The van der Waals surface area contributed by atoms with Gasteiger partial charge in [0, 0.05) is 18.3 Å². The lowest BCUT2D eigenvalue weighted by Crippen LogP contribution is -2.41. The molecule has 3 amide bonds. The smallest absolute Gasteiger partial charge is 0.342 e. The molecular formula is C22H20N4O4. The van der Waals surface area contributed by atoms with Crippen molar-refractivity contribution < 1.29 is 19.1 Å². The number of hydrogen-bond donors (Lipinski definition) is 2. The number of ether oxygens (including phenoxy) is 1. The molecule has 0 bridgehead atoms. The van der Waals surface area contributed by atoms with Crippen molar-refractivity contribution in [2.45, 2.75) is 0 Å². The molecule has 2 aromatic carbocycles. The van der Waals surface area contributed by atoms with Crippen LogP contribution in [0.15, 0.2) is 79.5 Å². The van der Waals surface area contributed by atoms with E-state index >= 15 is 0 Å². The predicted octanol–water partition coefficient (Wildman–Crippen LogP) is 2.71. The van der Waals surface area contributed by atoms with Crippen LogP contribution in [0.4, 0.5) is 4.79 Å². The van der Waals surface area contributed by atoms with Crippen LogP contribution < -0.4 is 10.6 Å². The maximum absolute atomic E-state index is 12.7. The average molecular weight is 404 g/mol. The fraction of sp³-hybridized carbons (Fsp3) is 0.0909. The van der Waals surface area contributed by atoms with Gasteiger partial charge in [-0.15, -0.1) is 6.58 Å². The fourth-order valence-electron chi connectivity index (χ4n) is 2.63. The molecule has 1 aromatic heterocycles. The van der Waals surface area contributed by atoms with E-state index in [2.05, 4.69) is 22.3 Å². The number of urea groups is 1. The van der Waals surface area contributed by atoms with E-state index in [4.69, 9.17) is 4.74 Å². The van der Waals surface area contributed by atoms with Gasteiger partial charge in [-0.3, -0.25) is 10.1 Å². The molecule has 0 fully saturated rings. The minimum atomic E-state index is -0.748. The summed E-state index contributed by atoms with van der Waals surface area (Å²) in [6.45, 7) is 3.06. The number of carbonyl (C=O) groups excluding carboxylic acids is 3. The molecule has 8 nitrogen and oxygen atoms in total. The van der Waals surface area contributed by atoms with Gasteiger partial charge in [-0.25, -0.2) is 14.3 Å². The van der Waals surface area contributed by atoms with E-state index in [9.17, 15) is 14.4 Å². The number of imide groups is 1. The molecule has 0 aliphatic carbocycles. The Morgan fingerprint density at radius 3 is 2.37 bits per heavy atom. The first kappa shape index (κ1) is 20.5. The molecule has 152 valence electrons. The Morgan fingerprint density at radius 1 is 1.03 bits per heavy atom. The number of para-hydroxylation sites is 1. The van der Waals surface area contributed by atoms with Crippen LogP contribution in [0.25, 0.3) is 16.9 Å². The highest BCUT2D eigenvalue weighted by atomic mass is 16.5. The number of benzene rings is 2. The van der Waals surface area contributed by atoms with Crippen LogP contribution in [0, 0.1) is 0 Å². The van der Waals surface area contributed by atoms with E-state index in [-0.39, 0.29) is 12.1 Å². The first-order valence-electron chi connectivity index (χ1n) is 9.14. The highest BCUT2D eigenvalue weighted by molar-refractivity contribution is 5.99. The molecule has 0 aliphatic heterocycles. The SMILES string of the molecule is C=CCNC(=O)NC(=O)COC(=O)c1cn(-c2ccccc2)nc1-c1ccccc1. The van der Waals surface area contributed by atoms with Crippen molar-refractivity contribution in [1.29, 1.82) is 0 Å². The molecule has 0 radical (unpaired) electrons. The zero-order valence-corrected chi connectivity index (χ0v) is 16.1. The van der Waals surface area contributed by atoms with Crippen molar-refractivity contribution in [3.63, 3.8) is 0 Å². The van der Waals surface area contributed by atoms with E-state index in [1.54, 1.807) is 10.9 Å². The van der Waals surface area contributed by atoms with Gasteiger partial charge in [0.25, 0.3) is 5.91 Å². The number of esters is 1. The van der Waals surface area contributed by atoms with Gasteiger partial charge in [-0.2, -0.15) is 5.10 Å². The van der Waals surface area contributed by atoms with Crippen LogP contribution in [0.5, 0.6) is 0 Å². The topological polar surface area (TPSA) is 102 Å². The van der Waals surface area contributed by atoms with Crippen LogP contribution >= 0.6 is 0 Å². The van der Waals surface area contributed by atoms with Crippen molar-refractivity contribution in [2.24, 2.45) is 0 Å². The maximum atomic E-state index is 12.7. The second-order valence-corrected chi connectivity index (χ2v) is 6.16. The molecule has 0 spiro atoms. The lowest BCUT2D eigenvalue weighted by atomic mass is 10.1. The largest absolute Gasteiger partial charge is 0.452 e. The molecule has 3 rings (SSSR count). The Labute approximate surface area is 173 Å². The van der Waals surface area contributed by atoms with E-state index in [1.165, 1.54) is 6.08 Å². The summed E-state index contributed by atoms with van der Waals surface area (Å²) in [5.74, 6) is -1.47. The molecule has 0 saturated heterocycles.